The Bertz CT molecular complexity index is 678. The average Bonchev–Trinajstić information content (AvgIpc) is 3.13. The van der Waals surface area contributed by atoms with Gasteiger partial charge in [0.15, 0.2) is 5.82 Å². The van der Waals surface area contributed by atoms with E-state index in [9.17, 15) is 4.79 Å². The van der Waals surface area contributed by atoms with E-state index >= 15 is 0 Å². The topological polar surface area (TPSA) is 84.4 Å². The molecule has 1 N–H and O–H groups in total. The van der Waals surface area contributed by atoms with Crippen molar-refractivity contribution in [2.24, 2.45) is 0 Å². The molecule has 7 nitrogen and oxygen atoms in total. The second kappa shape index (κ2) is 5.57. The summed E-state index contributed by atoms with van der Waals surface area (Å²) in [6, 6.07) is 1.95. The van der Waals surface area contributed by atoms with Crippen LogP contribution < -0.4 is 5.32 Å². The first kappa shape index (κ1) is 14.8. The molecule has 1 unspecified atom stereocenters. The summed E-state index contributed by atoms with van der Waals surface area (Å²) in [5.41, 5.74) is 0.513. The third-order valence-electron chi connectivity index (χ3n) is 4.04. The largest absolute Gasteiger partial charge is 0.468 e. The summed E-state index contributed by atoms with van der Waals surface area (Å²) >= 11 is 0. The van der Waals surface area contributed by atoms with E-state index in [0.717, 1.165) is 24.3 Å². The molecular formula is C15H20N4O3. The Morgan fingerprint density at radius 1 is 1.50 bits per heavy atom. The molecule has 0 aliphatic carbocycles. The monoisotopic (exact) mass is 304 g/mol. The van der Waals surface area contributed by atoms with E-state index in [4.69, 9.17) is 8.94 Å². The number of hydrogen-bond acceptors (Lipinski definition) is 6. The minimum atomic E-state index is -0.617. The van der Waals surface area contributed by atoms with E-state index in [-0.39, 0.29) is 5.91 Å². The number of carbonyl (C=O) groups is 1. The van der Waals surface area contributed by atoms with Crippen molar-refractivity contribution in [2.75, 3.05) is 13.1 Å². The van der Waals surface area contributed by atoms with E-state index in [1.807, 2.05) is 13.0 Å². The molecule has 1 aliphatic heterocycles. The molecule has 3 rings (SSSR count). The zero-order chi connectivity index (χ0) is 15.7. The van der Waals surface area contributed by atoms with Crippen molar-refractivity contribution in [3.8, 4) is 0 Å². The minimum absolute atomic E-state index is 0.105. The summed E-state index contributed by atoms with van der Waals surface area (Å²) in [7, 11) is 0. The molecule has 22 heavy (non-hydrogen) atoms. The lowest BCUT2D eigenvalue weighted by molar-refractivity contribution is -0.121. The predicted molar refractivity (Wildman–Crippen MR) is 77.9 cm³/mol. The van der Waals surface area contributed by atoms with Crippen molar-refractivity contribution in [1.82, 2.24) is 20.4 Å². The molecule has 2 aromatic heterocycles. The van der Waals surface area contributed by atoms with E-state index in [0.29, 0.717) is 24.8 Å². The van der Waals surface area contributed by atoms with Crippen molar-refractivity contribution >= 4 is 5.91 Å². The van der Waals surface area contributed by atoms with Gasteiger partial charge in [-0.05, 0) is 31.9 Å². The molecule has 0 spiro atoms. The average molecular weight is 304 g/mol. The second-order valence-corrected chi connectivity index (χ2v) is 5.90. The highest BCUT2D eigenvalue weighted by Crippen LogP contribution is 2.32. The number of nitrogens with one attached hydrogen (secondary N) is 1. The van der Waals surface area contributed by atoms with Gasteiger partial charge >= 0.3 is 0 Å². The third kappa shape index (κ3) is 2.76. The highest BCUT2D eigenvalue weighted by molar-refractivity contribution is 5.74. The van der Waals surface area contributed by atoms with Crippen molar-refractivity contribution < 1.29 is 13.7 Å². The van der Waals surface area contributed by atoms with Crippen molar-refractivity contribution in [3.05, 3.63) is 35.4 Å². The zero-order valence-corrected chi connectivity index (χ0v) is 13.0. The fourth-order valence-corrected chi connectivity index (χ4v) is 2.95. The van der Waals surface area contributed by atoms with E-state index < -0.39 is 5.54 Å². The molecule has 1 saturated heterocycles. The highest BCUT2D eigenvalue weighted by Gasteiger charge is 2.45. The number of aryl methyl sites for hydroxylation is 2. The molecule has 0 aromatic carbocycles. The zero-order valence-electron chi connectivity index (χ0n) is 13.0. The van der Waals surface area contributed by atoms with Gasteiger partial charge < -0.3 is 14.3 Å². The first-order valence-electron chi connectivity index (χ1n) is 7.33. The SMILES string of the molecule is CC(=O)NC1(c2nc(C)no2)CCN(Cc2occc2C)C1. The van der Waals surface area contributed by atoms with Crippen LogP contribution in [-0.4, -0.2) is 34.0 Å². The highest BCUT2D eigenvalue weighted by atomic mass is 16.5. The number of nitrogens with zero attached hydrogens (tertiary/aromatic N) is 3. The Labute approximate surface area is 128 Å². The van der Waals surface area contributed by atoms with Gasteiger partial charge in [-0.1, -0.05) is 5.16 Å². The molecule has 2 aromatic rings. The van der Waals surface area contributed by atoms with Gasteiger partial charge in [-0.25, -0.2) is 0 Å². The molecule has 1 amide bonds. The quantitative estimate of drug-likeness (QED) is 0.922. The number of likely N-dealkylation sites (tertiary alicyclic amines) is 1. The van der Waals surface area contributed by atoms with Gasteiger partial charge in [-0.15, -0.1) is 0 Å². The number of hydrogen-bond donors (Lipinski definition) is 1. The van der Waals surface area contributed by atoms with Gasteiger partial charge in [0.05, 0.1) is 12.8 Å². The Morgan fingerprint density at radius 2 is 2.32 bits per heavy atom. The second-order valence-electron chi connectivity index (χ2n) is 5.90. The number of rotatable bonds is 4. The molecule has 1 atom stereocenters. The molecule has 0 saturated carbocycles. The first-order chi connectivity index (χ1) is 10.5. The maximum atomic E-state index is 11.6. The van der Waals surface area contributed by atoms with Crippen molar-refractivity contribution in [1.29, 1.82) is 0 Å². The Kier molecular flexibility index (Phi) is 3.74. The van der Waals surface area contributed by atoms with Gasteiger partial charge in [0, 0.05) is 20.0 Å². The number of carbonyl (C=O) groups excluding carboxylic acids is 1. The molecular weight excluding hydrogens is 284 g/mol. The number of amides is 1. The van der Waals surface area contributed by atoms with Crippen LogP contribution in [-0.2, 0) is 16.9 Å². The maximum Gasteiger partial charge on any atom is 0.253 e. The molecule has 1 fully saturated rings. The van der Waals surface area contributed by atoms with Crippen LogP contribution in [0.15, 0.2) is 21.3 Å². The summed E-state index contributed by atoms with van der Waals surface area (Å²) in [4.78, 5) is 18.2. The standard InChI is InChI=1S/C15H20N4O3/c1-10-4-7-21-13(10)8-19-6-5-15(9-19,17-12(3)20)14-16-11(2)18-22-14/h4,7H,5-6,8-9H2,1-3H3,(H,17,20). The molecule has 118 valence electrons. The summed E-state index contributed by atoms with van der Waals surface area (Å²) in [5, 5.41) is 6.86. The van der Waals surface area contributed by atoms with Gasteiger partial charge in [-0.3, -0.25) is 9.69 Å². The minimum Gasteiger partial charge on any atom is -0.468 e. The van der Waals surface area contributed by atoms with Crippen LogP contribution in [0.4, 0.5) is 0 Å². The van der Waals surface area contributed by atoms with Crippen LogP contribution in [0.25, 0.3) is 0 Å². The van der Waals surface area contributed by atoms with Crippen molar-refractivity contribution in [3.63, 3.8) is 0 Å². The van der Waals surface area contributed by atoms with Gasteiger partial charge in [0.25, 0.3) is 5.89 Å². The van der Waals surface area contributed by atoms with Crippen LogP contribution in [0.3, 0.4) is 0 Å². The lowest BCUT2D eigenvalue weighted by Crippen LogP contribution is -2.47. The summed E-state index contributed by atoms with van der Waals surface area (Å²) in [6.45, 7) is 7.44. The van der Waals surface area contributed by atoms with Crippen LogP contribution in [0.1, 0.15) is 36.4 Å². The van der Waals surface area contributed by atoms with E-state index in [1.54, 1.807) is 13.2 Å². The summed E-state index contributed by atoms with van der Waals surface area (Å²) < 4.78 is 10.8. The fraction of sp³-hybridized carbons (Fsp3) is 0.533. The Hall–Kier alpha value is -2.15. The van der Waals surface area contributed by atoms with Gasteiger partial charge in [0.1, 0.15) is 11.3 Å². The number of aromatic nitrogens is 2. The molecule has 1 aliphatic rings. The Balaban J connectivity index is 1.80. The van der Waals surface area contributed by atoms with Crippen LogP contribution in [0, 0.1) is 13.8 Å². The van der Waals surface area contributed by atoms with Crippen LogP contribution in [0.2, 0.25) is 0 Å². The molecule has 0 bridgehead atoms. The van der Waals surface area contributed by atoms with Crippen molar-refractivity contribution in [2.45, 2.75) is 39.3 Å². The van der Waals surface area contributed by atoms with E-state index in [2.05, 4.69) is 20.4 Å². The predicted octanol–water partition coefficient (Wildman–Crippen LogP) is 1.52. The third-order valence-corrected chi connectivity index (χ3v) is 4.04. The van der Waals surface area contributed by atoms with Gasteiger partial charge in [-0.2, -0.15) is 4.98 Å². The summed E-state index contributed by atoms with van der Waals surface area (Å²) in [6.07, 6.45) is 2.43. The van der Waals surface area contributed by atoms with E-state index in [1.165, 1.54) is 6.92 Å². The lowest BCUT2D eigenvalue weighted by Gasteiger charge is -2.26. The Morgan fingerprint density at radius 3 is 2.91 bits per heavy atom. The lowest BCUT2D eigenvalue weighted by atomic mass is 9.98. The first-order valence-corrected chi connectivity index (χ1v) is 7.33. The van der Waals surface area contributed by atoms with Crippen LogP contribution >= 0.6 is 0 Å². The fourth-order valence-electron chi connectivity index (χ4n) is 2.95. The maximum absolute atomic E-state index is 11.6. The molecule has 3 heterocycles. The molecule has 0 radical (unpaired) electrons. The summed E-state index contributed by atoms with van der Waals surface area (Å²) in [5.74, 6) is 1.88. The van der Waals surface area contributed by atoms with Gasteiger partial charge in [0.2, 0.25) is 5.91 Å². The molecule has 7 heteroatoms. The smallest absolute Gasteiger partial charge is 0.253 e. The number of furan rings is 1. The van der Waals surface area contributed by atoms with Crippen LogP contribution in [0.5, 0.6) is 0 Å². The normalized spacial score (nSPS) is 22.1.